The summed E-state index contributed by atoms with van der Waals surface area (Å²) in [6, 6.07) is 41.1. The molecular formula is C34H20N2S. The number of benzene rings is 5. The van der Waals surface area contributed by atoms with Crippen LogP contribution in [0.25, 0.3) is 75.1 Å². The van der Waals surface area contributed by atoms with Gasteiger partial charge in [-0.25, -0.2) is 4.98 Å². The zero-order valence-electron chi connectivity index (χ0n) is 19.8. The molecular weight excluding hydrogens is 468 g/mol. The van der Waals surface area contributed by atoms with Crippen LogP contribution in [0, 0.1) is 0 Å². The fraction of sp³-hybridized carbons (Fsp3) is 0. The summed E-state index contributed by atoms with van der Waals surface area (Å²) in [6.07, 6.45) is 1.87. The van der Waals surface area contributed by atoms with Crippen LogP contribution in [-0.2, 0) is 0 Å². The minimum absolute atomic E-state index is 0.988. The van der Waals surface area contributed by atoms with Gasteiger partial charge in [0.1, 0.15) is 0 Å². The van der Waals surface area contributed by atoms with E-state index in [2.05, 4.69) is 109 Å². The highest BCUT2D eigenvalue weighted by Crippen LogP contribution is 2.38. The molecule has 0 amide bonds. The van der Waals surface area contributed by atoms with Crippen LogP contribution in [0.3, 0.4) is 0 Å². The van der Waals surface area contributed by atoms with Crippen LogP contribution in [-0.4, -0.2) is 9.97 Å². The van der Waals surface area contributed by atoms with Gasteiger partial charge in [-0.3, -0.25) is 4.98 Å². The van der Waals surface area contributed by atoms with Gasteiger partial charge < -0.3 is 0 Å². The van der Waals surface area contributed by atoms with E-state index in [1.807, 2.05) is 23.6 Å². The van der Waals surface area contributed by atoms with Crippen molar-refractivity contribution in [3.05, 3.63) is 121 Å². The van der Waals surface area contributed by atoms with E-state index >= 15 is 0 Å². The van der Waals surface area contributed by atoms with Crippen molar-refractivity contribution in [1.29, 1.82) is 0 Å². The molecule has 8 aromatic rings. The second kappa shape index (κ2) is 7.95. The molecule has 3 aromatic heterocycles. The lowest BCUT2D eigenvalue weighted by atomic mass is 9.96. The Hall–Kier alpha value is -4.60. The first-order valence-corrected chi connectivity index (χ1v) is 13.2. The van der Waals surface area contributed by atoms with E-state index in [0.29, 0.717) is 0 Å². The summed E-state index contributed by atoms with van der Waals surface area (Å²) in [5, 5.41) is 7.22. The molecule has 0 bridgehead atoms. The second-order valence-corrected chi connectivity index (χ2v) is 10.5. The lowest BCUT2D eigenvalue weighted by Crippen LogP contribution is -1.92. The van der Waals surface area contributed by atoms with Crippen molar-refractivity contribution in [3.63, 3.8) is 0 Å². The predicted molar refractivity (Wildman–Crippen MR) is 158 cm³/mol. The van der Waals surface area contributed by atoms with Gasteiger partial charge in [-0.2, -0.15) is 0 Å². The van der Waals surface area contributed by atoms with E-state index in [1.165, 1.54) is 31.3 Å². The minimum Gasteiger partial charge on any atom is -0.256 e. The number of thiophene rings is 1. The molecule has 0 atom stereocenters. The monoisotopic (exact) mass is 488 g/mol. The number of aromatic nitrogens is 2. The highest BCUT2D eigenvalue weighted by atomic mass is 32.1. The van der Waals surface area contributed by atoms with Crippen molar-refractivity contribution in [2.75, 3.05) is 0 Å². The lowest BCUT2D eigenvalue weighted by molar-refractivity contribution is 1.41. The van der Waals surface area contributed by atoms with Gasteiger partial charge in [0.2, 0.25) is 0 Å². The van der Waals surface area contributed by atoms with Crippen LogP contribution in [0.1, 0.15) is 0 Å². The quantitative estimate of drug-likeness (QED) is 0.226. The summed E-state index contributed by atoms with van der Waals surface area (Å²) in [4.78, 5) is 9.89. The predicted octanol–water partition coefficient (Wildman–Crippen LogP) is 9.64. The van der Waals surface area contributed by atoms with E-state index in [1.54, 1.807) is 0 Å². The van der Waals surface area contributed by atoms with Crippen LogP contribution in [0.4, 0.5) is 0 Å². The number of rotatable bonds is 2. The number of para-hydroxylation sites is 1. The third-order valence-corrected chi connectivity index (χ3v) is 8.46. The number of pyridine rings is 2. The number of nitrogens with zero attached hydrogens (tertiary/aromatic N) is 2. The standard InChI is InChI=1S/C34H20N2S/c1-3-9-29-26(8-1)32-27(17-15-22-6-5-19-35-34(22)32)33(36-29)23-13-11-21(12-14-23)24-16-18-31-28(20-24)25-7-2-4-10-30(25)37-31/h1-20H. The lowest BCUT2D eigenvalue weighted by Gasteiger charge is -2.12. The van der Waals surface area contributed by atoms with Crippen molar-refractivity contribution in [2.45, 2.75) is 0 Å². The number of hydrogen-bond acceptors (Lipinski definition) is 3. The van der Waals surface area contributed by atoms with Gasteiger partial charge in [-0.15, -0.1) is 11.3 Å². The van der Waals surface area contributed by atoms with Crippen LogP contribution >= 0.6 is 11.3 Å². The van der Waals surface area contributed by atoms with Gasteiger partial charge in [0.05, 0.1) is 16.7 Å². The van der Waals surface area contributed by atoms with Gasteiger partial charge in [0, 0.05) is 53.5 Å². The Morgan fingerprint density at radius 3 is 2.19 bits per heavy atom. The van der Waals surface area contributed by atoms with Gasteiger partial charge in [0.25, 0.3) is 0 Å². The molecule has 0 aliphatic rings. The van der Waals surface area contributed by atoms with Gasteiger partial charge in [-0.1, -0.05) is 84.9 Å². The molecule has 0 aliphatic carbocycles. The summed E-state index contributed by atoms with van der Waals surface area (Å²) in [5.74, 6) is 0. The topological polar surface area (TPSA) is 25.8 Å². The molecule has 37 heavy (non-hydrogen) atoms. The van der Waals surface area contributed by atoms with E-state index in [-0.39, 0.29) is 0 Å². The molecule has 5 aromatic carbocycles. The van der Waals surface area contributed by atoms with Gasteiger partial charge in [-0.05, 0) is 41.5 Å². The van der Waals surface area contributed by atoms with Crippen LogP contribution in [0.5, 0.6) is 0 Å². The third-order valence-electron chi connectivity index (χ3n) is 7.30. The first-order chi connectivity index (χ1) is 18.3. The minimum atomic E-state index is 0.988. The van der Waals surface area contributed by atoms with E-state index in [4.69, 9.17) is 9.97 Å². The molecule has 8 rings (SSSR count). The van der Waals surface area contributed by atoms with E-state index < -0.39 is 0 Å². The molecule has 0 saturated carbocycles. The molecule has 0 aliphatic heterocycles. The van der Waals surface area contributed by atoms with Crippen molar-refractivity contribution in [3.8, 4) is 22.4 Å². The molecule has 172 valence electrons. The van der Waals surface area contributed by atoms with E-state index in [9.17, 15) is 0 Å². The molecule has 0 N–H and O–H groups in total. The van der Waals surface area contributed by atoms with Crippen LogP contribution in [0.15, 0.2) is 121 Å². The van der Waals surface area contributed by atoms with E-state index in [0.717, 1.165) is 43.8 Å². The Kier molecular flexibility index (Phi) is 4.42. The zero-order chi connectivity index (χ0) is 24.3. The fourth-order valence-electron chi connectivity index (χ4n) is 5.52. The number of fused-ring (bicyclic) bond motifs is 8. The first-order valence-electron chi connectivity index (χ1n) is 12.4. The molecule has 0 fully saturated rings. The van der Waals surface area contributed by atoms with Crippen LogP contribution in [0.2, 0.25) is 0 Å². The second-order valence-electron chi connectivity index (χ2n) is 9.43. The van der Waals surface area contributed by atoms with Gasteiger partial charge >= 0.3 is 0 Å². The van der Waals surface area contributed by atoms with Crippen LogP contribution < -0.4 is 0 Å². The largest absolute Gasteiger partial charge is 0.256 e. The maximum absolute atomic E-state index is 5.12. The Bertz CT molecular complexity index is 2120. The Morgan fingerprint density at radius 1 is 0.514 bits per heavy atom. The highest BCUT2D eigenvalue weighted by molar-refractivity contribution is 7.25. The summed E-state index contributed by atoms with van der Waals surface area (Å²) in [6.45, 7) is 0. The van der Waals surface area contributed by atoms with Crippen molar-refractivity contribution in [1.82, 2.24) is 9.97 Å². The summed E-state index contributed by atoms with van der Waals surface area (Å²) in [7, 11) is 0. The Balaban J connectivity index is 1.30. The first kappa shape index (κ1) is 20.6. The molecule has 0 saturated heterocycles. The van der Waals surface area contributed by atoms with Crippen molar-refractivity contribution in [2.24, 2.45) is 0 Å². The summed E-state index contributed by atoms with van der Waals surface area (Å²) < 4.78 is 2.66. The maximum Gasteiger partial charge on any atom is 0.0788 e. The molecule has 0 radical (unpaired) electrons. The maximum atomic E-state index is 5.12. The molecule has 0 unspecified atom stereocenters. The Morgan fingerprint density at radius 2 is 1.27 bits per heavy atom. The molecule has 2 nitrogen and oxygen atoms in total. The summed E-state index contributed by atoms with van der Waals surface area (Å²) in [5.41, 5.74) is 6.55. The summed E-state index contributed by atoms with van der Waals surface area (Å²) >= 11 is 1.85. The third kappa shape index (κ3) is 3.18. The Labute approximate surface area is 217 Å². The normalized spacial score (nSPS) is 11.8. The molecule has 0 spiro atoms. The van der Waals surface area contributed by atoms with Crippen molar-refractivity contribution < 1.29 is 0 Å². The fourth-order valence-corrected chi connectivity index (χ4v) is 6.61. The molecule has 3 heterocycles. The smallest absolute Gasteiger partial charge is 0.0788 e. The highest BCUT2D eigenvalue weighted by Gasteiger charge is 2.14. The van der Waals surface area contributed by atoms with Crippen molar-refractivity contribution >= 4 is 64.1 Å². The van der Waals surface area contributed by atoms with Gasteiger partial charge in [0.15, 0.2) is 0 Å². The average Bonchev–Trinajstić information content (AvgIpc) is 3.34. The zero-order valence-corrected chi connectivity index (χ0v) is 20.7. The SMILES string of the molecule is c1cnc2c(c1)ccc1c(-c3ccc(-c4ccc5sc6ccccc6c5c4)cc3)nc3ccccc3c12. The number of hydrogen-bond donors (Lipinski definition) is 0. The average molecular weight is 489 g/mol. The molecule has 3 heteroatoms.